The number of ether oxygens (including phenoxy) is 1. The van der Waals surface area contributed by atoms with Gasteiger partial charge in [-0.25, -0.2) is 0 Å². The van der Waals surface area contributed by atoms with Crippen molar-refractivity contribution in [2.45, 2.75) is 27.3 Å². The molecule has 106 valence electrons. The standard InChI is InChI=1S/C17H20ClNO/c1-11-5-6-14(7-12(11)2)10-19-16-8-13(3)15(18)9-17(16)20-4/h5-9,19H,10H2,1-4H3. The van der Waals surface area contributed by atoms with E-state index in [0.717, 1.165) is 28.6 Å². The van der Waals surface area contributed by atoms with Crippen LogP contribution in [0.1, 0.15) is 22.3 Å². The van der Waals surface area contributed by atoms with E-state index in [1.165, 1.54) is 16.7 Å². The number of aryl methyl sites for hydroxylation is 3. The van der Waals surface area contributed by atoms with Gasteiger partial charge in [-0.1, -0.05) is 29.8 Å². The van der Waals surface area contributed by atoms with Gasteiger partial charge in [0.1, 0.15) is 5.75 Å². The van der Waals surface area contributed by atoms with Crippen LogP contribution in [0.3, 0.4) is 0 Å². The number of hydrogen-bond donors (Lipinski definition) is 1. The van der Waals surface area contributed by atoms with Crippen LogP contribution >= 0.6 is 11.6 Å². The Kier molecular flexibility index (Phi) is 4.56. The van der Waals surface area contributed by atoms with Gasteiger partial charge in [-0.2, -0.15) is 0 Å². The molecule has 20 heavy (non-hydrogen) atoms. The first-order valence-corrected chi connectivity index (χ1v) is 7.03. The van der Waals surface area contributed by atoms with Gasteiger partial charge in [0, 0.05) is 17.6 Å². The summed E-state index contributed by atoms with van der Waals surface area (Å²) in [6.07, 6.45) is 0. The van der Waals surface area contributed by atoms with Gasteiger partial charge in [0.25, 0.3) is 0 Å². The molecule has 0 spiro atoms. The highest BCUT2D eigenvalue weighted by atomic mass is 35.5. The summed E-state index contributed by atoms with van der Waals surface area (Å²) >= 11 is 6.11. The van der Waals surface area contributed by atoms with Crippen LogP contribution in [0.15, 0.2) is 30.3 Å². The lowest BCUT2D eigenvalue weighted by Crippen LogP contribution is -2.02. The van der Waals surface area contributed by atoms with Crippen LogP contribution in [0, 0.1) is 20.8 Å². The van der Waals surface area contributed by atoms with Crippen LogP contribution in [-0.4, -0.2) is 7.11 Å². The SMILES string of the molecule is COc1cc(Cl)c(C)cc1NCc1ccc(C)c(C)c1. The quantitative estimate of drug-likeness (QED) is 0.865. The van der Waals surface area contributed by atoms with Gasteiger partial charge >= 0.3 is 0 Å². The van der Waals surface area contributed by atoms with E-state index in [-0.39, 0.29) is 0 Å². The monoisotopic (exact) mass is 289 g/mol. The van der Waals surface area contributed by atoms with E-state index in [0.29, 0.717) is 0 Å². The summed E-state index contributed by atoms with van der Waals surface area (Å²) < 4.78 is 5.37. The van der Waals surface area contributed by atoms with Gasteiger partial charge in [-0.3, -0.25) is 0 Å². The number of benzene rings is 2. The summed E-state index contributed by atoms with van der Waals surface area (Å²) in [6.45, 7) is 7.01. The van der Waals surface area contributed by atoms with E-state index in [9.17, 15) is 0 Å². The van der Waals surface area contributed by atoms with Gasteiger partial charge in [-0.05, 0) is 49.1 Å². The van der Waals surface area contributed by atoms with Crippen molar-refractivity contribution >= 4 is 17.3 Å². The van der Waals surface area contributed by atoms with Crippen LogP contribution in [0.25, 0.3) is 0 Å². The first-order valence-electron chi connectivity index (χ1n) is 6.65. The molecule has 0 atom stereocenters. The van der Waals surface area contributed by atoms with Crippen molar-refractivity contribution in [3.8, 4) is 5.75 Å². The van der Waals surface area contributed by atoms with E-state index in [1.54, 1.807) is 7.11 Å². The van der Waals surface area contributed by atoms with Crippen LogP contribution in [-0.2, 0) is 6.54 Å². The maximum Gasteiger partial charge on any atom is 0.143 e. The molecule has 0 aromatic heterocycles. The van der Waals surface area contributed by atoms with E-state index in [2.05, 4.69) is 37.4 Å². The molecule has 0 saturated carbocycles. The van der Waals surface area contributed by atoms with E-state index in [1.807, 2.05) is 19.1 Å². The van der Waals surface area contributed by atoms with Crippen LogP contribution in [0.4, 0.5) is 5.69 Å². The Balaban J connectivity index is 2.18. The van der Waals surface area contributed by atoms with Gasteiger partial charge < -0.3 is 10.1 Å². The lowest BCUT2D eigenvalue weighted by atomic mass is 10.1. The molecular weight excluding hydrogens is 270 g/mol. The van der Waals surface area contributed by atoms with Gasteiger partial charge in [0.2, 0.25) is 0 Å². The van der Waals surface area contributed by atoms with Crippen LogP contribution in [0.5, 0.6) is 5.75 Å². The van der Waals surface area contributed by atoms with E-state index in [4.69, 9.17) is 16.3 Å². The first kappa shape index (κ1) is 14.7. The number of hydrogen-bond acceptors (Lipinski definition) is 2. The molecule has 0 fully saturated rings. The Bertz CT molecular complexity index is 623. The molecule has 0 heterocycles. The Labute approximate surface area is 125 Å². The van der Waals surface area contributed by atoms with E-state index < -0.39 is 0 Å². The predicted octanol–water partition coefficient (Wildman–Crippen LogP) is 4.89. The predicted molar refractivity (Wildman–Crippen MR) is 86.0 cm³/mol. The molecule has 0 saturated heterocycles. The molecule has 0 bridgehead atoms. The molecule has 0 unspecified atom stereocenters. The molecule has 0 aliphatic rings. The van der Waals surface area contributed by atoms with Crippen molar-refractivity contribution in [2.24, 2.45) is 0 Å². The van der Waals surface area contributed by atoms with Gasteiger partial charge in [0.15, 0.2) is 0 Å². The summed E-state index contributed by atoms with van der Waals surface area (Å²) in [5.41, 5.74) is 5.88. The number of rotatable bonds is 4. The second-order valence-electron chi connectivity index (χ2n) is 5.07. The van der Waals surface area contributed by atoms with Crippen LogP contribution < -0.4 is 10.1 Å². The fourth-order valence-corrected chi connectivity index (χ4v) is 2.23. The average Bonchev–Trinajstić information content (AvgIpc) is 2.43. The molecule has 2 nitrogen and oxygen atoms in total. The minimum atomic E-state index is 0.721. The topological polar surface area (TPSA) is 21.3 Å². The third-order valence-electron chi connectivity index (χ3n) is 3.54. The molecule has 0 aliphatic heterocycles. The zero-order valence-electron chi connectivity index (χ0n) is 12.4. The molecule has 2 rings (SSSR count). The Morgan fingerprint density at radius 2 is 1.75 bits per heavy atom. The highest BCUT2D eigenvalue weighted by Gasteiger charge is 2.07. The highest BCUT2D eigenvalue weighted by Crippen LogP contribution is 2.31. The van der Waals surface area contributed by atoms with Gasteiger partial charge in [0.05, 0.1) is 12.8 Å². The average molecular weight is 290 g/mol. The number of nitrogens with one attached hydrogen (secondary N) is 1. The van der Waals surface area contributed by atoms with Crippen molar-refractivity contribution in [1.29, 1.82) is 0 Å². The first-order chi connectivity index (χ1) is 9.51. The van der Waals surface area contributed by atoms with Crippen LogP contribution in [0.2, 0.25) is 5.02 Å². The Morgan fingerprint density at radius 1 is 1.00 bits per heavy atom. The van der Waals surface area contributed by atoms with Crippen molar-refractivity contribution < 1.29 is 4.74 Å². The van der Waals surface area contributed by atoms with Gasteiger partial charge in [-0.15, -0.1) is 0 Å². The van der Waals surface area contributed by atoms with Crippen molar-refractivity contribution in [2.75, 3.05) is 12.4 Å². The van der Waals surface area contributed by atoms with E-state index >= 15 is 0 Å². The number of methoxy groups -OCH3 is 1. The molecular formula is C17H20ClNO. The molecule has 0 aliphatic carbocycles. The van der Waals surface area contributed by atoms with Crippen molar-refractivity contribution in [3.63, 3.8) is 0 Å². The normalized spacial score (nSPS) is 10.4. The minimum absolute atomic E-state index is 0.721. The molecule has 2 aromatic carbocycles. The highest BCUT2D eigenvalue weighted by molar-refractivity contribution is 6.31. The Hall–Kier alpha value is -1.67. The summed E-state index contributed by atoms with van der Waals surface area (Å²) in [6, 6.07) is 10.4. The third kappa shape index (κ3) is 3.26. The fraction of sp³-hybridized carbons (Fsp3) is 0.294. The lowest BCUT2D eigenvalue weighted by molar-refractivity contribution is 0.416. The molecule has 2 aromatic rings. The fourth-order valence-electron chi connectivity index (χ4n) is 2.08. The molecule has 1 N–H and O–H groups in total. The zero-order valence-corrected chi connectivity index (χ0v) is 13.1. The summed E-state index contributed by atoms with van der Waals surface area (Å²) in [5, 5.41) is 4.13. The second kappa shape index (κ2) is 6.19. The number of anilines is 1. The maximum absolute atomic E-state index is 6.11. The maximum atomic E-state index is 6.11. The second-order valence-corrected chi connectivity index (χ2v) is 5.48. The Morgan fingerprint density at radius 3 is 2.40 bits per heavy atom. The lowest BCUT2D eigenvalue weighted by Gasteiger charge is -2.14. The largest absolute Gasteiger partial charge is 0.495 e. The summed E-state index contributed by atoms with van der Waals surface area (Å²) in [4.78, 5) is 0. The molecule has 0 amide bonds. The van der Waals surface area contributed by atoms with Crippen molar-refractivity contribution in [3.05, 3.63) is 57.6 Å². The summed E-state index contributed by atoms with van der Waals surface area (Å²) in [7, 11) is 1.65. The van der Waals surface area contributed by atoms with Crippen molar-refractivity contribution in [1.82, 2.24) is 0 Å². The molecule has 3 heteroatoms. The molecule has 0 radical (unpaired) electrons. The number of halogens is 1. The third-order valence-corrected chi connectivity index (χ3v) is 3.94. The smallest absolute Gasteiger partial charge is 0.143 e. The zero-order chi connectivity index (χ0) is 14.7. The minimum Gasteiger partial charge on any atom is -0.495 e. The summed E-state index contributed by atoms with van der Waals surface area (Å²) in [5.74, 6) is 0.768.